The summed E-state index contributed by atoms with van der Waals surface area (Å²) in [4.78, 5) is 14.4. The van der Waals surface area contributed by atoms with Crippen molar-refractivity contribution in [3.63, 3.8) is 0 Å². The molecule has 0 radical (unpaired) electrons. The summed E-state index contributed by atoms with van der Waals surface area (Å²) in [6.45, 7) is 5.01. The third-order valence-electron chi connectivity index (χ3n) is 4.79. The Balaban J connectivity index is 0.000000847. The minimum absolute atomic E-state index is 0.0880. The minimum Gasteiger partial charge on any atom is -0.400 e. The van der Waals surface area contributed by atoms with Gasteiger partial charge < -0.3 is 15.3 Å². The zero-order valence-corrected chi connectivity index (χ0v) is 13.7. The van der Waals surface area contributed by atoms with E-state index in [2.05, 4.69) is 41.4 Å². The van der Waals surface area contributed by atoms with Crippen molar-refractivity contribution >= 4 is 5.91 Å². The van der Waals surface area contributed by atoms with E-state index in [4.69, 9.17) is 5.11 Å². The lowest BCUT2D eigenvalue weighted by Crippen LogP contribution is -2.46. The third kappa shape index (κ3) is 3.87. The quantitative estimate of drug-likeness (QED) is 0.879. The van der Waals surface area contributed by atoms with E-state index in [9.17, 15) is 4.79 Å². The van der Waals surface area contributed by atoms with Crippen LogP contribution in [-0.2, 0) is 4.79 Å². The molecule has 2 aliphatic rings. The molecule has 0 spiro atoms. The van der Waals surface area contributed by atoms with Crippen LogP contribution in [0.4, 0.5) is 0 Å². The van der Waals surface area contributed by atoms with Gasteiger partial charge in [-0.05, 0) is 56.2 Å². The molecule has 4 nitrogen and oxygen atoms in total. The average molecular weight is 304 g/mol. The van der Waals surface area contributed by atoms with Gasteiger partial charge in [-0.2, -0.15) is 0 Å². The highest BCUT2D eigenvalue weighted by atomic mass is 16.2. The average Bonchev–Trinajstić information content (AvgIpc) is 3.11. The molecule has 0 bridgehead atoms. The lowest BCUT2D eigenvalue weighted by molar-refractivity contribution is -0.134. The van der Waals surface area contributed by atoms with Crippen molar-refractivity contribution < 1.29 is 9.90 Å². The van der Waals surface area contributed by atoms with Crippen molar-refractivity contribution in [3.05, 3.63) is 35.4 Å². The number of nitrogens with zero attached hydrogens (tertiary/aromatic N) is 1. The van der Waals surface area contributed by atoms with E-state index in [1.165, 1.54) is 11.1 Å². The van der Waals surface area contributed by atoms with Gasteiger partial charge in [0.05, 0.1) is 6.04 Å². The number of piperidine rings is 1. The molecule has 122 valence electrons. The van der Waals surface area contributed by atoms with Gasteiger partial charge in [0.2, 0.25) is 5.91 Å². The Kier molecular flexibility index (Phi) is 6.40. The van der Waals surface area contributed by atoms with Crippen LogP contribution in [-0.4, -0.2) is 48.7 Å². The standard InChI is InChI=1S/C17H24N2O.CH4O/c1-13-5-2-3-6-15(13)14-8-11-19(12-9-14)17(20)16-7-4-10-18-16;1-2/h2-3,5-6,14,16,18H,4,7-12H2,1H3;2H,1H3/t16-;/m0./s1. The number of hydrogen-bond donors (Lipinski definition) is 2. The van der Waals surface area contributed by atoms with E-state index in [0.717, 1.165) is 52.4 Å². The summed E-state index contributed by atoms with van der Waals surface area (Å²) >= 11 is 0. The predicted octanol–water partition coefficient (Wildman–Crippen LogP) is 2.06. The molecular weight excluding hydrogens is 276 g/mol. The van der Waals surface area contributed by atoms with E-state index in [1.807, 2.05) is 0 Å². The minimum atomic E-state index is 0.0880. The molecule has 0 aromatic heterocycles. The van der Waals surface area contributed by atoms with Crippen LogP contribution >= 0.6 is 0 Å². The van der Waals surface area contributed by atoms with Gasteiger partial charge in [0, 0.05) is 20.2 Å². The Morgan fingerprint density at radius 1 is 1.18 bits per heavy atom. The number of carbonyl (C=O) groups is 1. The lowest BCUT2D eigenvalue weighted by Gasteiger charge is -2.34. The van der Waals surface area contributed by atoms with Crippen molar-refractivity contribution in [1.82, 2.24) is 10.2 Å². The first-order chi connectivity index (χ1) is 10.8. The van der Waals surface area contributed by atoms with Gasteiger partial charge in [-0.25, -0.2) is 0 Å². The van der Waals surface area contributed by atoms with Crippen LogP contribution in [0, 0.1) is 6.92 Å². The van der Waals surface area contributed by atoms with E-state index in [1.54, 1.807) is 0 Å². The highest BCUT2D eigenvalue weighted by molar-refractivity contribution is 5.82. The van der Waals surface area contributed by atoms with E-state index in [0.29, 0.717) is 11.8 Å². The molecule has 0 aliphatic carbocycles. The molecule has 0 unspecified atom stereocenters. The third-order valence-corrected chi connectivity index (χ3v) is 4.79. The zero-order chi connectivity index (χ0) is 15.9. The van der Waals surface area contributed by atoms with E-state index < -0.39 is 0 Å². The maximum absolute atomic E-state index is 12.4. The highest BCUT2D eigenvalue weighted by Gasteiger charge is 2.30. The second-order valence-electron chi connectivity index (χ2n) is 6.11. The smallest absolute Gasteiger partial charge is 0.239 e. The summed E-state index contributed by atoms with van der Waals surface area (Å²) in [6, 6.07) is 8.75. The number of likely N-dealkylation sites (tertiary alicyclic amines) is 1. The molecule has 1 aromatic carbocycles. The maximum atomic E-state index is 12.4. The fraction of sp³-hybridized carbons (Fsp3) is 0.611. The Labute approximate surface area is 133 Å². The Morgan fingerprint density at radius 3 is 2.45 bits per heavy atom. The SMILES string of the molecule is CO.Cc1ccccc1C1CCN(C(=O)[C@@H]2CCCN2)CC1. The summed E-state index contributed by atoms with van der Waals surface area (Å²) < 4.78 is 0. The monoisotopic (exact) mass is 304 g/mol. The number of benzene rings is 1. The number of nitrogens with one attached hydrogen (secondary N) is 1. The molecule has 4 heteroatoms. The zero-order valence-electron chi connectivity index (χ0n) is 13.7. The number of amides is 1. The normalized spacial score (nSPS) is 22.1. The van der Waals surface area contributed by atoms with Crippen LogP contribution in [0.3, 0.4) is 0 Å². The first kappa shape index (κ1) is 17.0. The van der Waals surface area contributed by atoms with Crippen molar-refractivity contribution in [3.8, 4) is 0 Å². The van der Waals surface area contributed by atoms with Crippen LogP contribution in [0.2, 0.25) is 0 Å². The Hall–Kier alpha value is -1.39. The molecular formula is C18H28N2O2. The first-order valence-electron chi connectivity index (χ1n) is 8.28. The number of aryl methyl sites for hydroxylation is 1. The summed E-state index contributed by atoms with van der Waals surface area (Å²) in [5.41, 5.74) is 2.85. The van der Waals surface area contributed by atoms with Crippen LogP contribution < -0.4 is 5.32 Å². The molecule has 0 saturated carbocycles. The van der Waals surface area contributed by atoms with Crippen molar-refractivity contribution in [1.29, 1.82) is 0 Å². The second kappa shape index (κ2) is 8.30. The number of aliphatic hydroxyl groups is 1. The van der Waals surface area contributed by atoms with E-state index >= 15 is 0 Å². The van der Waals surface area contributed by atoms with E-state index in [-0.39, 0.29) is 6.04 Å². The van der Waals surface area contributed by atoms with Crippen LogP contribution in [0.25, 0.3) is 0 Å². The number of aliphatic hydroxyl groups excluding tert-OH is 1. The van der Waals surface area contributed by atoms with Crippen molar-refractivity contribution in [2.45, 2.75) is 44.6 Å². The highest BCUT2D eigenvalue weighted by Crippen LogP contribution is 2.30. The molecule has 3 rings (SSSR count). The van der Waals surface area contributed by atoms with Crippen molar-refractivity contribution in [2.75, 3.05) is 26.7 Å². The molecule has 1 amide bonds. The van der Waals surface area contributed by atoms with Gasteiger partial charge >= 0.3 is 0 Å². The van der Waals surface area contributed by atoms with Gasteiger partial charge in [-0.1, -0.05) is 24.3 Å². The molecule has 2 fully saturated rings. The molecule has 2 heterocycles. The largest absolute Gasteiger partial charge is 0.400 e. The Bertz CT molecular complexity index is 476. The molecule has 1 atom stereocenters. The van der Waals surface area contributed by atoms with Gasteiger partial charge in [-0.15, -0.1) is 0 Å². The molecule has 22 heavy (non-hydrogen) atoms. The first-order valence-corrected chi connectivity index (χ1v) is 8.28. The summed E-state index contributed by atoms with van der Waals surface area (Å²) in [6.07, 6.45) is 4.35. The molecule has 2 N–H and O–H groups in total. The number of hydrogen-bond acceptors (Lipinski definition) is 3. The second-order valence-corrected chi connectivity index (χ2v) is 6.11. The maximum Gasteiger partial charge on any atom is 0.239 e. The molecule has 2 saturated heterocycles. The summed E-state index contributed by atoms with van der Waals surface area (Å²) in [5, 5.41) is 10.3. The Morgan fingerprint density at radius 2 is 1.86 bits per heavy atom. The van der Waals surface area contributed by atoms with Gasteiger partial charge in [0.1, 0.15) is 0 Å². The summed E-state index contributed by atoms with van der Waals surface area (Å²) in [5.74, 6) is 0.947. The molecule has 1 aromatic rings. The number of carbonyl (C=O) groups excluding carboxylic acids is 1. The lowest BCUT2D eigenvalue weighted by atomic mass is 9.87. The van der Waals surface area contributed by atoms with Crippen molar-refractivity contribution in [2.24, 2.45) is 0 Å². The van der Waals surface area contributed by atoms with Crippen LogP contribution in [0.1, 0.15) is 42.7 Å². The van der Waals surface area contributed by atoms with Crippen LogP contribution in [0.15, 0.2) is 24.3 Å². The summed E-state index contributed by atoms with van der Waals surface area (Å²) in [7, 11) is 1.00. The van der Waals surface area contributed by atoms with Gasteiger partial charge in [0.15, 0.2) is 0 Å². The van der Waals surface area contributed by atoms with Crippen LogP contribution in [0.5, 0.6) is 0 Å². The molecule has 2 aliphatic heterocycles. The predicted molar refractivity (Wildman–Crippen MR) is 88.9 cm³/mol. The number of rotatable bonds is 2. The fourth-order valence-corrected chi connectivity index (χ4v) is 3.57. The fourth-order valence-electron chi connectivity index (χ4n) is 3.57. The van der Waals surface area contributed by atoms with Gasteiger partial charge in [-0.3, -0.25) is 4.79 Å². The van der Waals surface area contributed by atoms with Gasteiger partial charge in [0.25, 0.3) is 0 Å². The topological polar surface area (TPSA) is 52.6 Å².